The summed E-state index contributed by atoms with van der Waals surface area (Å²) in [5.74, 6) is 0.532. The summed E-state index contributed by atoms with van der Waals surface area (Å²) in [6.07, 6.45) is 1.95. The Morgan fingerprint density at radius 3 is 1.69 bits per heavy atom. The summed E-state index contributed by atoms with van der Waals surface area (Å²) in [6.45, 7) is 6.21. The summed E-state index contributed by atoms with van der Waals surface area (Å²) in [5, 5.41) is 4.22. The molecular weight excluding hydrogens is 372 g/mol. The Bertz CT molecular complexity index is 830. The van der Waals surface area contributed by atoms with E-state index in [1.165, 1.54) is 16.7 Å². The van der Waals surface area contributed by atoms with Crippen LogP contribution < -0.4 is 5.32 Å². The lowest BCUT2D eigenvalue weighted by molar-refractivity contribution is 0.432. The third kappa shape index (κ3) is 6.72. The van der Waals surface area contributed by atoms with E-state index in [2.05, 4.69) is 109 Å². The molecule has 3 rings (SSSR count). The molecule has 1 N–H and O–H groups in total. The molecule has 0 saturated carbocycles. The van der Waals surface area contributed by atoms with Crippen molar-refractivity contribution in [3.8, 4) is 0 Å². The zero-order chi connectivity index (χ0) is 20.5. The van der Waals surface area contributed by atoms with Crippen molar-refractivity contribution in [2.24, 2.45) is 0 Å². The minimum Gasteiger partial charge on any atom is -0.348 e. The van der Waals surface area contributed by atoms with Gasteiger partial charge in [-0.3, -0.25) is 0 Å². The standard InChI is InChI=1S/C26H30N2S/c1-21(2)24-13-15-25(16-14-24)27-26(29)28(19-17-22-9-5-3-6-10-22)20-18-23-11-7-4-8-12-23/h3-16,21H,17-20H2,1-2H3,(H,27,29). The first-order valence-electron chi connectivity index (χ1n) is 10.4. The lowest BCUT2D eigenvalue weighted by Crippen LogP contribution is -2.37. The zero-order valence-corrected chi connectivity index (χ0v) is 18.2. The van der Waals surface area contributed by atoms with E-state index in [0.717, 1.165) is 36.7 Å². The van der Waals surface area contributed by atoms with Crippen LogP contribution in [0.25, 0.3) is 0 Å². The summed E-state index contributed by atoms with van der Waals surface area (Å²) < 4.78 is 0. The molecule has 0 aromatic heterocycles. The Labute approximate surface area is 180 Å². The highest BCUT2D eigenvalue weighted by Crippen LogP contribution is 2.17. The molecule has 2 nitrogen and oxygen atoms in total. The van der Waals surface area contributed by atoms with E-state index < -0.39 is 0 Å². The van der Waals surface area contributed by atoms with Gasteiger partial charge >= 0.3 is 0 Å². The van der Waals surface area contributed by atoms with E-state index in [1.54, 1.807) is 0 Å². The van der Waals surface area contributed by atoms with Crippen molar-refractivity contribution in [2.75, 3.05) is 18.4 Å². The van der Waals surface area contributed by atoms with Crippen LogP contribution in [-0.2, 0) is 12.8 Å². The molecule has 0 aliphatic carbocycles. The van der Waals surface area contributed by atoms with E-state index in [4.69, 9.17) is 12.2 Å². The molecule has 3 heteroatoms. The highest BCUT2D eigenvalue weighted by molar-refractivity contribution is 7.80. The first kappa shape index (κ1) is 21.1. The SMILES string of the molecule is CC(C)c1ccc(NC(=S)N(CCc2ccccc2)CCc2ccccc2)cc1. The summed E-state index contributed by atoms with van der Waals surface area (Å²) >= 11 is 5.79. The molecule has 0 bridgehead atoms. The molecule has 150 valence electrons. The lowest BCUT2D eigenvalue weighted by atomic mass is 10.0. The molecule has 3 aromatic carbocycles. The van der Waals surface area contributed by atoms with E-state index in [0.29, 0.717) is 5.92 Å². The van der Waals surface area contributed by atoms with Crippen molar-refractivity contribution in [2.45, 2.75) is 32.6 Å². The molecule has 3 aromatic rings. The maximum atomic E-state index is 5.79. The first-order valence-corrected chi connectivity index (χ1v) is 10.8. The molecule has 0 aliphatic rings. The van der Waals surface area contributed by atoms with Gasteiger partial charge in [-0.2, -0.15) is 0 Å². The largest absolute Gasteiger partial charge is 0.348 e. The number of anilines is 1. The summed E-state index contributed by atoms with van der Waals surface area (Å²) in [7, 11) is 0. The average molecular weight is 403 g/mol. The van der Waals surface area contributed by atoms with Crippen molar-refractivity contribution >= 4 is 23.0 Å². The molecule has 29 heavy (non-hydrogen) atoms. The number of benzene rings is 3. The quantitative estimate of drug-likeness (QED) is 0.446. The lowest BCUT2D eigenvalue weighted by Gasteiger charge is -2.26. The second kappa shape index (κ2) is 10.8. The number of thiocarbonyl (C=S) groups is 1. The molecular formula is C26H30N2S. The van der Waals surface area contributed by atoms with Gasteiger partial charge in [0.2, 0.25) is 0 Å². The number of rotatable bonds is 8. The van der Waals surface area contributed by atoms with Crippen LogP contribution in [0.5, 0.6) is 0 Å². The van der Waals surface area contributed by atoms with Gasteiger partial charge in [-0.25, -0.2) is 0 Å². The van der Waals surface area contributed by atoms with Gasteiger partial charge in [-0.15, -0.1) is 0 Å². The van der Waals surface area contributed by atoms with Crippen LogP contribution in [-0.4, -0.2) is 23.1 Å². The fourth-order valence-corrected chi connectivity index (χ4v) is 3.59. The summed E-state index contributed by atoms with van der Waals surface area (Å²) in [4.78, 5) is 2.28. The Morgan fingerprint density at radius 1 is 0.759 bits per heavy atom. The molecule has 0 heterocycles. The fourth-order valence-electron chi connectivity index (χ4n) is 3.29. The van der Waals surface area contributed by atoms with Crippen LogP contribution in [0.2, 0.25) is 0 Å². The van der Waals surface area contributed by atoms with Crippen molar-refractivity contribution in [1.82, 2.24) is 4.90 Å². The maximum Gasteiger partial charge on any atom is 0.173 e. The van der Waals surface area contributed by atoms with Gasteiger partial charge in [0.25, 0.3) is 0 Å². The van der Waals surface area contributed by atoms with E-state index in [-0.39, 0.29) is 0 Å². The molecule has 0 aliphatic heterocycles. The molecule has 0 fully saturated rings. The maximum absolute atomic E-state index is 5.79. The van der Waals surface area contributed by atoms with E-state index in [9.17, 15) is 0 Å². The smallest absolute Gasteiger partial charge is 0.173 e. The summed E-state index contributed by atoms with van der Waals surface area (Å²) in [6, 6.07) is 29.8. The molecule has 0 saturated heterocycles. The third-order valence-corrected chi connectivity index (χ3v) is 5.50. The second-order valence-corrected chi connectivity index (χ2v) is 8.05. The van der Waals surface area contributed by atoms with Gasteiger partial charge in [0.05, 0.1) is 0 Å². The van der Waals surface area contributed by atoms with Crippen molar-refractivity contribution in [1.29, 1.82) is 0 Å². The highest BCUT2D eigenvalue weighted by atomic mass is 32.1. The predicted octanol–water partition coefficient (Wildman–Crippen LogP) is 6.29. The van der Waals surface area contributed by atoms with Crippen LogP contribution in [0.15, 0.2) is 84.9 Å². The monoisotopic (exact) mass is 402 g/mol. The zero-order valence-electron chi connectivity index (χ0n) is 17.3. The highest BCUT2D eigenvalue weighted by Gasteiger charge is 2.11. The van der Waals surface area contributed by atoms with Gasteiger partial charge in [0.15, 0.2) is 5.11 Å². The van der Waals surface area contributed by atoms with Gasteiger partial charge in [0.1, 0.15) is 0 Å². The van der Waals surface area contributed by atoms with Crippen LogP contribution in [0.4, 0.5) is 5.69 Å². The first-order chi connectivity index (χ1) is 14.1. The van der Waals surface area contributed by atoms with Crippen molar-refractivity contribution < 1.29 is 0 Å². The molecule has 0 atom stereocenters. The Hall–Kier alpha value is -2.65. The molecule has 0 spiro atoms. The Kier molecular flexibility index (Phi) is 7.83. The van der Waals surface area contributed by atoms with Crippen LogP contribution in [0.3, 0.4) is 0 Å². The molecule has 0 amide bonds. The van der Waals surface area contributed by atoms with Crippen LogP contribution in [0, 0.1) is 0 Å². The number of hydrogen-bond donors (Lipinski definition) is 1. The number of hydrogen-bond acceptors (Lipinski definition) is 1. The minimum atomic E-state index is 0.532. The molecule has 0 unspecified atom stereocenters. The van der Waals surface area contributed by atoms with Crippen molar-refractivity contribution in [3.63, 3.8) is 0 Å². The second-order valence-electron chi connectivity index (χ2n) is 7.67. The molecule has 0 radical (unpaired) electrons. The van der Waals surface area contributed by atoms with Crippen LogP contribution in [0.1, 0.15) is 36.5 Å². The predicted molar refractivity (Wildman–Crippen MR) is 129 cm³/mol. The van der Waals surface area contributed by atoms with Gasteiger partial charge in [-0.05, 0) is 59.8 Å². The van der Waals surface area contributed by atoms with Gasteiger partial charge in [0, 0.05) is 18.8 Å². The Balaban J connectivity index is 1.65. The third-order valence-electron chi connectivity index (χ3n) is 5.14. The topological polar surface area (TPSA) is 15.3 Å². The van der Waals surface area contributed by atoms with Gasteiger partial charge < -0.3 is 10.2 Å². The van der Waals surface area contributed by atoms with Crippen LogP contribution >= 0.6 is 12.2 Å². The fraction of sp³-hybridized carbons (Fsp3) is 0.269. The number of nitrogens with one attached hydrogen (secondary N) is 1. The number of nitrogens with zero attached hydrogens (tertiary/aromatic N) is 1. The van der Waals surface area contributed by atoms with E-state index in [1.807, 2.05) is 0 Å². The van der Waals surface area contributed by atoms with Gasteiger partial charge in [-0.1, -0.05) is 86.6 Å². The minimum absolute atomic E-state index is 0.532. The Morgan fingerprint density at radius 2 is 1.24 bits per heavy atom. The summed E-state index contributed by atoms with van der Waals surface area (Å²) in [5.41, 5.74) is 5.05. The average Bonchev–Trinajstić information content (AvgIpc) is 2.75. The normalized spacial score (nSPS) is 10.7. The van der Waals surface area contributed by atoms with E-state index >= 15 is 0 Å². The van der Waals surface area contributed by atoms with Crippen molar-refractivity contribution in [3.05, 3.63) is 102 Å².